The number of methoxy groups -OCH3 is 4. The number of nitrogens with one attached hydrogen (secondary N) is 5. The fourth-order valence-corrected chi connectivity index (χ4v) is 13.2. The van der Waals surface area contributed by atoms with Crippen LogP contribution < -0.4 is 26.6 Å². The number of carbonyl (C=O) groups excluding carboxylic acids is 8. The van der Waals surface area contributed by atoms with Crippen molar-refractivity contribution in [1.29, 1.82) is 0 Å². The van der Waals surface area contributed by atoms with Gasteiger partial charge >= 0.3 is 85.2 Å². The summed E-state index contributed by atoms with van der Waals surface area (Å²) in [6.45, 7) is 9.36. The van der Waals surface area contributed by atoms with Crippen molar-refractivity contribution in [1.82, 2.24) is 26.6 Å². The Balaban J connectivity index is -0.000000483. The molecule has 5 fully saturated rings. The van der Waals surface area contributed by atoms with Crippen LogP contribution >= 0.6 is 77.2 Å². The summed E-state index contributed by atoms with van der Waals surface area (Å²) < 4.78 is 18.8. The quantitative estimate of drug-likeness (QED) is 0.0229. The van der Waals surface area contributed by atoms with Gasteiger partial charge < -0.3 is 55.7 Å². The van der Waals surface area contributed by atoms with Gasteiger partial charge in [-0.15, -0.1) is 0 Å². The molecule has 5 saturated carbocycles. The summed E-state index contributed by atoms with van der Waals surface area (Å²) in [5.41, 5.74) is -2.19. The first-order valence-corrected chi connectivity index (χ1v) is 44.8. The van der Waals surface area contributed by atoms with Crippen LogP contribution in [0.25, 0.3) is 0 Å². The zero-order valence-corrected chi connectivity index (χ0v) is 64.7. The molecule has 506 valence electrons. The van der Waals surface area contributed by atoms with Gasteiger partial charge in [-0.3, -0.25) is 47.9 Å². The van der Waals surface area contributed by atoms with Crippen molar-refractivity contribution in [3.8, 4) is 0 Å². The Morgan fingerprint density at radius 3 is 0.793 bits per heavy atom. The van der Waals surface area contributed by atoms with Crippen molar-refractivity contribution >= 4 is 137 Å². The third-order valence-electron chi connectivity index (χ3n) is 17.6. The second kappa shape index (κ2) is 49.4. The van der Waals surface area contributed by atoms with Crippen LogP contribution in [0.1, 0.15) is 203 Å². The Kier molecular flexibility index (Phi) is 52.3. The molecule has 4 amide bonds. The fourth-order valence-electron chi connectivity index (χ4n) is 13.2. The number of hydrogen-bond acceptors (Lipinski definition) is 15. The Morgan fingerprint density at radius 1 is 0.414 bits per heavy atom. The molecule has 0 aromatic carbocycles. The molecule has 27 heteroatoms. The van der Waals surface area contributed by atoms with Crippen molar-refractivity contribution < 1.29 is 105 Å². The van der Waals surface area contributed by atoms with E-state index in [1.165, 1.54) is 28.4 Å². The molecule has 87 heavy (non-hydrogen) atoms. The minimum Gasteiger partial charge on any atom is 0 e. The van der Waals surface area contributed by atoms with Crippen LogP contribution in [0.15, 0.2) is 0 Å². The number of hydrogen-bond donors (Lipinski definition) is 7. The predicted molar refractivity (Wildman–Crippen MR) is 364 cm³/mol. The molecular weight excluding hydrogens is 1660 g/mol. The Morgan fingerprint density at radius 2 is 0.609 bits per heavy atom. The van der Waals surface area contributed by atoms with Crippen LogP contribution in [0.5, 0.6) is 0 Å². The molecule has 5 aliphatic carbocycles. The molecule has 7 N–H and O–H groups in total. The molecule has 5 unspecified atom stereocenters. The molecule has 5 rings (SSSR count). The third-order valence-corrected chi connectivity index (χ3v) is 17.6. The maximum atomic E-state index is 12.3. The van der Waals surface area contributed by atoms with Gasteiger partial charge in [0.1, 0.15) is 0 Å². The van der Waals surface area contributed by atoms with Crippen molar-refractivity contribution in [3.63, 3.8) is 0 Å². The summed E-state index contributed by atoms with van der Waals surface area (Å²) in [6.07, 6.45) is 21.2. The molecule has 0 spiro atoms. The standard InChI is InChI=1S/C13H24N2O3.2C12H21NO3.C11H19NO3.C11H18O4.CH4.I2.2HI.2V/c1-10(11(16)18-3)8-13(6-4-5-7-13)12(17)15-9-14-2;2*1-9(10(14)16-3)8-12(11(15)13-2)6-4-5-7-12;1-8(9(13)14)7-11(10(15)12-2)5-3-4-6-11;1-8(9(12)15-2)7-11(10(13)14)5-3-4-6-11;;1-2;;;;/h10,14H,4-9H2,1-3H3,(H,15,17);2*9H,4-8H2,1-3H3,(H,13,15);8H,3-7H2,1-2H3,(H,12,15)(H,13,14);8H,3-7H2,1-2H3,(H,13,14);1H4;;2*1H;;/q;;;;;;;;;;+2/p-2. The van der Waals surface area contributed by atoms with Gasteiger partial charge in [0.2, 0.25) is 23.6 Å². The van der Waals surface area contributed by atoms with Gasteiger partial charge in [0, 0.05) is 93.2 Å². The van der Waals surface area contributed by atoms with Gasteiger partial charge in [0.25, 0.3) is 0 Å². The zero-order valence-electron chi connectivity index (χ0n) is 53.3. The summed E-state index contributed by atoms with van der Waals surface area (Å²) in [5.74, 6) is -3.80. The number of rotatable bonds is 22. The minimum atomic E-state index is -0.815. The first kappa shape index (κ1) is 92.2. The van der Waals surface area contributed by atoms with E-state index in [0.29, 0.717) is 61.1 Å². The number of amides is 4. The normalized spacial score (nSPS) is 18.9. The molecule has 0 aromatic rings. The van der Waals surface area contributed by atoms with Crippen LogP contribution in [0.4, 0.5) is 0 Å². The first-order valence-electron chi connectivity index (χ1n) is 29.6. The van der Waals surface area contributed by atoms with Gasteiger partial charge in [0.15, 0.2) is 0 Å². The molecule has 0 aromatic heterocycles. The van der Waals surface area contributed by atoms with Gasteiger partial charge in [0.05, 0.1) is 75.5 Å². The van der Waals surface area contributed by atoms with E-state index in [1.54, 1.807) is 42.0 Å². The van der Waals surface area contributed by atoms with E-state index >= 15 is 0 Å². The molecule has 5 aliphatic rings. The number of halogens is 4. The van der Waals surface area contributed by atoms with Crippen LogP contribution in [0.2, 0.25) is 0 Å². The Labute approximate surface area is 584 Å². The first-order chi connectivity index (χ1) is 40.1. The van der Waals surface area contributed by atoms with E-state index in [4.69, 9.17) is 19.3 Å². The summed E-state index contributed by atoms with van der Waals surface area (Å²) in [7, 11) is 12.9. The second-order valence-corrected chi connectivity index (χ2v) is 35.3. The Bertz CT molecular complexity index is 2000. The minimum absolute atomic E-state index is 0. The predicted octanol–water partition coefficient (Wildman–Crippen LogP) is 11.4. The smallest absolute Gasteiger partial charge is 0 e. The van der Waals surface area contributed by atoms with E-state index in [0.717, 1.165) is 116 Å². The van der Waals surface area contributed by atoms with E-state index in [9.17, 15) is 53.1 Å². The average Bonchev–Trinajstić information content (AvgIpc) is 4.04. The number of carbonyl (C=O) groups is 10. The molecule has 0 saturated heterocycles. The molecule has 1 radical (unpaired) electrons. The van der Waals surface area contributed by atoms with Gasteiger partial charge in [-0.05, 0) is 103 Å². The monoisotopic (exact) mass is 1760 g/mol. The van der Waals surface area contributed by atoms with E-state index in [2.05, 4.69) is 109 Å². The zero-order chi connectivity index (χ0) is 65.6. The van der Waals surface area contributed by atoms with Crippen molar-refractivity contribution in [2.75, 3.05) is 63.3 Å². The van der Waals surface area contributed by atoms with E-state index < -0.39 is 28.7 Å². The van der Waals surface area contributed by atoms with E-state index in [1.807, 2.05) is 20.8 Å². The maximum absolute atomic E-state index is 12.3. The van der Waals surface area contributed by atoms with Crippen LogP contribution in [-0.4, -0.2) is 133 Å². The number of aliphatic carboxylic acids is 2. The Hall–Kier alpha value is -1.25. The van der Waals surface area contributed by atoms with Crippen molar-refractivity contribution in [2.45, 2.75) is 203 Å². The molecule has 0 bridgehead atoms. The molecule has 0 heterocycles. The van der Waals surface area contributed by atoms with Crippen LogP contribution in [-0.2, 0) is 94.9 Å². The SMILES string of the molecule is C.CNC(=O)C1(CC(C)C(=O)O)CCCC1.CNC(=O)C1(CC(C)C(=O)OC)CCCC1.CNC(=O)C1(CC(C)C(=O)OC)CCCC1.CNCNC(=O)C1(CC(C)C(=O)OC)CCCC1.COC(=O)C(C)CC1(C(=O)O)CCCC1.II.[I][V][I].[V]. The molecular formula is C60H107I4N5O16V2. The van der Waals surface area contributed by atoms with Crippen LogP contribution in [0, 0.1) is 56.7 Å². The summed E-state index contributed by atoms with van der Waals surface area (Å²) in [5, 5.41) is 32.0. The summed E-state index contributed by atoms with van der Waals surface area (Å²) >= 11 is 8.98. The van der Waals surface area contributed by atoms with Crippen molar-refractivity contribution in [3.05, 3.63) is 0 Å². The van der Waals surface area contributed by atoms with Gasteiger partial charge in [-0.1, -0.05) is 106 Å². The number of ether oxygens (including phenoxy) is 4. The third kappa shape index (κ3) is 31.0. The molecule has 5 atom stereocenters. The summed E-state index contributed by atoms with van der Waals surface area (Å²) in [6, 6.07) is 0. The summed E-state index contributed by atoms with van der Waals surface area (Å²) in [4.78, 5) is 115. The topological polar surface area (TPSA) is 308 Å². The number of esters is 4. The largest absolute Gasteiger partial charge is 0 e. The maximum Gasteiger partial charge on any atom is 0 e. The van der Waals surface area contributed by atoms with Gasteiger partial charge in [-0.25, -0.2) is 0 Å². The number of carboxylic acids is 2. The van der Waals surface area contributed by atoms with Gasteiger partial charge in [-0.2, -0.15) is 0 Å². The molecule has 21 nitrogen and oxygen atoms in total. The van der Waals surface area contributed by atoms with Crippen LogP contribution in [0.3, 0.4) is 0 Å². The van der Waals surface area contributed by atoms with E-state index in [-0.39, 0.29) is 113 Å². The average molecular weight is 1760 g/mol. The molecule has 0 aliphatic heterocycles. The fraction of sp³-hybridized carbons (Fsp3) is 0.833. The van der Waals surface area contributed by atoms with Crippen molar-refractivity contribution in [2.24, 2.45) is 56.7 Å². The second-order valence-electron chi connectivity index (χ2n) is 23.5. The number of carboxylic acid groups (broad SMARTS) is 2.